The van der Waals surface area contributed by atoms with E-state index in [4.69, 9.17) is 11.6 Å². The van der Waals surface area contributed by atoms with E-state index in [1.54, 1.807) is 14.0 Å². The van der Waals surface area contributed by atoms with Crippen molar-refractivity contribution in [3.05, 3.63) is 34.9 Å². The van der Waals surface area contributed by atoms with Crippen LogP contribution in [-0.4, -0.2) is 42.3 Å². The normalized spacial score (nSPS) is 12.9. The molecule has 1 aromatic carbocycles. The minimum absolute atomic E-state index is 0.203. The lowest BCUT2D eigenvalue weighted by Crippen LogP contribution is -2.45. The van der Waals surface area contributed by atoms with Crippen LogP contribution in [0.2, 0.25) is 5.02 Å². The number of hydrogen-bond acceptors (Lipinski definition) is 2. The van der Waals surface area contributed by atoms with Gasteiger partial charge in [-0.2, -0.15) is 0 Å². The highest BCUT2D eigenvalue weighted by Gasteiger charge is 2.24. The SMILES string of the molecule is CC(O)CN(C)C(=O)NCC(C)(C)c1ccccc1Cl. The molecule has 0 saturated heterocycles. The van der Waals surface area contributed by atoms with Crippen molar-refractivity contribution < 1.29 is 9.90 Å². The maximum Gasteiger partial charge on any atom is 0.317 e. The standard InChI is InChI=1S/C15H23ClN2O2/c1-11(19)9-18(4)14(20)17-10-15(2,3)12-7-5-6-8-13(12)16/h5-8,11,19H,9-10H2,1-4H3,(H,17,20). The molecule has 1 aromatic rings. The molecule has 2 amide bonds. The topological polar surface area (TPSA) is 52.6 Å². The van der Waals surface area contributed by atoms with Crippen LogP contribution in [0.25, 0.3) is 0 Å². The molecule has 5 heteroatoms. The van der Waals surface area contributed by atoms with Crippen molar-refractivity contribution in [2.75, 3.05) is 20.1 Å². The van der Waals surface area contributed by atoms with Gasteiger partial charge in [-0.25, -0.2) is 4.79 Å². The van der Waals surface area contributed by atoms with E-state index in [-0.39, 0.29) is 11.4 Å². The number of aliphatic hydroxyl groups is 1. The second kappa shape index (κ2) is 6.95. The van der Waals surface area contributed by atoms with E-state index in [9.17, 15) is 9.90 Å². The van der Waals surface area contributed by atoms with Gasteiger partial charge in [0.2, 0.25) is 0 Å². The Morgan fingerprint density at radius 3 is 2.60 bits per heavy atom. The zero-order chi connectivity index (χ0) is 15.3. The summed E-state index contributed by atoms with van der Waals surface area (Å²) < 4.78 is 0. The van der Waals surface area contributed by atoms with Crippen LogP contribution in [0.4, 0.5) is 4.79 Å². The third-order valence-corrected chi connectivity index (χ3v) is 3.50. The molecule has 0 radical (unpaired) electrons. The minimum atomic E-state index is -0.540. The Labute approximate surface area is 125 Å². The summed E-state index contributed by atoms with van der Waals surface area (Å²) in [5.41, 5.74) is 0.736. The molecule has 20 heavy (non-hydrogen) atoms. The quantitative estimate of drug-likeness (QED) is 0.878. The summed E-state index contributed by atoms with van der Waals surface area (Å²) in [6.07, 6.45) is -0.540. The summed E-state index contributed by atoms with van der Waals surface area (Å²) in [6.45, 7) is 6.49. The zero-order valence-corrected chi connectivity index (χ0v) is 13.2. The zero-order valence-electron chi connectivity index (χ0n) is 12.5. The molecule has 0 spiro atoms. The molecule has 112 valence electrons. The van der Waals surface area contributed by atoms with Crippen molar-refractivity contribution in [2.45, 2.75) is 32.3 Å². The van der Waals surface area contributed by atoms with Crippen molar-refractivity contribution in [3.63, 3.8) is 0 Å². The van der Waals surface area contributed by atoms with Crippen LogP contribution in [0.3, 0.4) is 0 Å². The van der Waals surface area contributed by atoms with Crippen LogP contribution in [0.1, 0.15) is 26.3 Å². The predicted molar refractivity (Wildman–Crippen MR) is 82.2 cm³/mol. The van der Waals surface area contributed by atoms with Crippen LogP contribution in [0.15, 0.2) is 24.3 Å². The first kappa shape index (κ1) is 16.8. The second-order valence-electron chi connectivity index (χ2n) is 5.75. The first-order valence-corrected chi connectivity index (χ1v) is 7.04. The Bertz CT molecular complexity index is 461. The second-order valence-corrected chi connectivity index (χ2v) is 6.16. The summed E-state index contributed by atoms with van der Waals surface area (Å²) in [4.78, 5) is 13.4. The first-order chi connectivity index (χ1) is 9.24. The Morgan fingerprint density at radius 2 is 2.05 bits per heavy atom. The van der Waals surface area contributed by atoms with E-state index in [1.165, 1.54) is 4.90 Å². The van der Waals surface area contributed by atoms with Gasteiger partial charge in [0.25, 0.3) is 0 Å². The molecule has 0 aromatic heterocycles. The number of nitrogens with one attached hydrogen (secondary N) is 1. The molecule has 0 fully saturated rings. The lowest BCUT2D eigenvalue weighted by Gasteiger charge is -2.28. The van der Waals surface area contributed by atoms with Crippen molar-refractivity contribution in [3.8, 4) is 0 Å². The third kappa shape index (κ3) is 4.69. The van der Waals surface area contributed by atoms with Gasteiger partial charge in [0, 0.05) is 30.6 Å². The fraction of sp³-hybridized carbons (Fsp3) is 0.533. The van der Waals surface area contributed by atoms with Crippen LogP contribution in [-0.2, 0) is 5.41 Å². The van der Waals surface area contributed by atoms with E-state index in [1.807, 2.05) is 38.1 Å². The van der Waals surface area contributed by atoms with Gasteiger partial charge in [0.1, 0.15) is 0 Å². The van der Waals surface area contributed by atoms with Gasteiger partial charge in [0.05, 0.1) is 6.10 Å². The maximum absolute atomic E-state index is 11.9. The highest BCUT2D eigenvalue weighted by Crippen LogP contribution is 2.28. The van der Waals surface area contributed by atoms with Gasteiger partial charge in [-0.3, -0.25) is 0 Å². The molecular formula is C15H23ClN2O2. The average Bonchev–Trinajstić information content (AvgIpc) is 2.35. The molecule has 0 aliphatic heterocycles. The molecule has 4 nitrogen and oxygen atoms in total. The van der Waals surface area contributed by atoms with Gasteiger partial charge in [-0.1, -0.05) is 43.6 Å². The van der Waals surface area contributed by atoms with Gasteiger partial charge in [-0.05, 0) is 18.6 Å². The average molecular weight is 299 g/mol. The van der Waals surface area contributed by atoms with Crippen molar-refractivity contribution in [1.29, 1.82) is 0 Å². The van der Waals surface area contributed by atoms with Gasteiger partial charge >= 0.3 is 6.03 Å². The minimum Gasteiger partial charge on any atom is -0.392 e. The van der Waals surface area contributed by atoms with Gasteiger partial charge in [0.15, 0.2) is 0 Å². The van der Waals surface area contributed by atoms with Crippen LogP contribution >= 0.6 is 11.6 Å². The smallest absolute Gasteiger partial charge is 0.317 e. The molecule has 1 unspecified atom stereocenters. The highest BCUT2D eigenvalue weighted by molar-refractivity contribution is 6.31. The molecule has 0 aliphatic carbocycles. The Kier molecular flexibility index (Phi) is 5.84. The Balaban J connectivity index is 2.64. The molecular weight excluding hydrogens is 276 g/mol. The number of amides is 2. The number of hydrogen-bond donors (Lipinski definition) is 2. The highest BCUT2D eigenvalue weighted by atomic mass is 35.5. The molecule has 0 heterocycles. The van der Waals surface area contributed by atoms with Gasteiger partial charge in [-0.15, -0.1) is 0 Å². The number of likely N-dealkylation sites (N-methyl/N-ethyl adjacent to an activating group) is 1. The Morgan fingerprint density at radius 1 is 1.45 bits per heavy atom. The van der Waals surface area contributed by atoms with Gasteiger partial charge < -0.3 is 15.3 Å². The number of carbonyl (C=O) groups is 1. The van der Waals surface area contributed by atoms with Crippen LogP contribution in [0, 0.1) is 0 Å². The number of rotatable bonds is 5. The molecule has 1 atom stereocenters. The summed E-state index contributed by atoms with van der Waals surface area (Å²) in [6, 6.07) is 7.43. The van der Waals surface area contributed by atoms with E-state index < -0.39 is 6.10 Å². The number of urea groups is 1. The van der Waals surface area contributed by atoms with E-state index in [2.05, 4.69) is 5.32 Å². The third-order valence-electron chi connectivity index (χ3n) is 3.17. The summed E-state index contributed by atoms with van der Waals surface area (Å²) in [7, 11) is 1.66. The Hall–Kier alpha value is -1.26. The number of benzene rings is 1. The number of nitrogens with zero attached hydrogens (tertiary/aromatic N) is 1. The lowest BCUT2D eigenvalue weighted by atomic mass is 9.84. The fourth-order valence-electron chi connectivity index (χ4n) is 2.02. The lowest BCUT2D eigenvalue weighted by molar-refractivity contribution is 0.143. The van der Waals surface area contributed by atoms with E-state index in [0.29, 0.717) is 18.1 Å². The molecule has 2 N–H and O–H groups in total. The summed E-state index contributed by atoms with van der Waals surface area (Å²) >= 11 is 6.20. The van der Waals surface area contributed by atoms with Crippen molar-refractivity contribution >= 4 is 17.6 Å². The molecule has 0 saturated carbocycles. The van der Waals surface area contributed by atoms with Crippen molar-refractivity contribution in [2.24, 2.45) is 0 Å². The number of aliphatic hydroxyl groups excluding tert-OH is 1. The van der Waals surface area contributed by atoms with Crippen molar-refractivity contribution in [1.82, 2.24) is 10.2 Å². The number of halogens is 1. The number of carbonyl (C=O) groups excluding carboxylic acids is 1. The first-order valence-electron chi connectivity index (χ1n) is 6.66. The molecule has 0 aliphatic rings. The monoisotopic (exact) mass is 298 g/mol. The van der Waals surface area contributed by atoms with E-state index in [0.717, 1.165) is 5.56 Å². The fourth-order valence-corrected chi connectivity index (χ4v) is 2.41. The summed E-state index contributed by atoms with van der Waals surface area (Å²) in [5, 5.41) is 12.8. The predicted octanol–water partition coefficient (Wildman–Crippen LogP) is 2.64. The van der Waals surface area contributed by atoms with E-state index >= 15 is 0 Å². The molecule has 0 bridgehead atoms. The molecule has 1 rings (SSSR count). The summed E-state index contributed by atoms with van der Waals surface area (Å²) in [5.74, 6) is 0. The maximum atomic E-state index is 11.9. The van der Waals surface area contributed by atoms with Crippen LogP contribution < -0.4 is 5.32 Å². The largest absolute Gasteiger partial charge is 0.392 e. The van der Waals surface area contributed by atoms with Crippen LogP contribution in [0.5, 0.6) is 0 Å².